The maximum absolute atomic E-state index is 12.9. The zero-order valence-corrected chi connectivity index (χ0v) is 15.2. The minimum atomic E-state index is -0.585. The molecule has 0 unspecified atom stereocenters. The fraction of sp³-hybridized carbons (Fsp3) is 0.250. The standard InChI is InChI=1S/C24H18O3/c1-23-15-9-5-6-10-16(15)24(2,20-19(23)21(25)27-22(20)26)18-14-8-4-3-7-13(14)11-12-17(18)23/h3-12,19-20H,1-2H3/t19-,20-,23-,24-/m1/s1. The van der Waals surface area contributed by atoms with Gasteiger partial charge in [0.2, 0.25) is 0 Å². The van der Waals surface area contributed by atoms with Crippen molar-refractivity contribution in [3.63, 3.8) is 0 Å². The highest BCUT2D eigenvalue weighted by Crippen LogP contribution is 2.66. The van der Waals surface area contributed by atoms with Crippen molar-refractivity contribution in [3.05, 3.63) is 82.9 Å². The van der Waals surface area contributed by atoms with E-state index in [-0.39, 0.29) is 11.9 Å². The fourth-order valence-corrected chi connectivity index (χ4v) is 6.23. The Morgan fingerprint density at radius 2 is 1.30 bits per heavy atom. The number of ether oxygens (including phenoxy) is 1. The number of carbonyl (C=O) groups excluding carboxylic acids is 2. The van der Waals surface area contributed by atoms with Gasteiger partial charge in [-0.05, 0) is 33.0 Å². The molecule has 1 saturated heterocycles. The molecular weight excluding hydrogens is 336 g/mol. The third-order valence-corrected chi connectivity index (χ3v) is 7.34. The summed E-state index contributed by atoms with van der Waals surface area (Å²) in [6.45, 7) is 4.23. The summed E-state index contributed by atoms with van der Waals surface area (Å²) in [4.78, 5) is 25.7. The van der Waals surface area contributed by atoms with Crippen LogP contribution in [0.4, 0.5) is 0 Å². The number of carbonyl (C=O) groups is 2. The monoisotopic (exact) mass is 354 g/mol. The lowest BCUT2D eigenvalue weighted by molar-refractivity contribution is -0.154. The summed E-state index contributed by atoms with van der Waals surface area (Å²) in [5.41, 5.74) is 3.46. The molecular formula is C24H18O3. The summed E-state index contributed by atoms with van der Waals surface area (Å²) < 4.78 is 5.22. The first-order valence-corrected chi connectivity index (χ1v) is 9.37. The van der Waals surface area contributed by atoms with Gasteiger partial charge in [0.15, 0.2) is 0 Å². The van der Waals surface area contributed by atoms with Gasteiger partial charge in [-0.1, -0.05) is 74.5 Å². The molecule has 3 aromatic rings. The van der Waals surface area contributed by atoms with E-state index >= 15 is 0 Å². The van der Waals surface area contributed by atoms with Crippen molar-refractivity contribution in [1.29, 1.82) is 0 Å². The van der Waals surface area contributed by atoms with Gasteiger partial charge in [0.25, 0.3) is 0 Å². The van der Waals surface area contributed by atoms with Crippen LogP contribution in [0, 0.1) is 11.8 Å². The molecule has 1 heterocycles. The molecule has 4 atom stereocenters. The Labute approximate surface area is 157 Å². The number of esters is 2. The maximum atomic E-state index is 12.9. The molecule has 4 aliphatic rings. The van der Waals surface area contributed by atoms with E-state index in [0.717, 1.165) is 27.5 Å². The quantitative estimate of drug-likeness (QED) is 0.451. The molecule has 1 aliphatic heterocycles. The van der Waals surface area contributed by atoms with Crippen molar-refractivity contribution in [1.82, 2.24) is 0 Å². The van der Waals surface area contributed by atoms with Gasteiger partial charge in [0.05, 0.1) is 11.8 Å². The molecule has 27 heavy (non-hydrogen) atoms. The molecule has 0 spiro atoms. The van der Waals surface area contributed by atoms with E-state index in [1.807, 2.05) is 24.3 Å². The molecule has 3 nitrogen and oxygen atoms in total. The van der Waals surface area contributed by atoms with E-state index in [9.17, 15) is 9.59 Å². The second-order valence-corrected chi connectivity index (χ2v) is 8.36. The first kappa shape index (κ1) is 15.2. The van der Waals surface area contributed by atoms with Gasteiger partial charge in [-0.2, -0.15) is 0 Å². The van der Waals surface area contributed by atoms with Crippen LogP contribution in [0.1, 0.15) is 36.1 Å². The third-order valence-electron chi connectivity index (χ3n) is 7.34. The smallest absolute Gasteiger partial charge is 0.318 e. The molecule has 132 valence electrons. The number of hydrogen-bond acceptors (Lipinski definition) is 3. The summed E-state index contributed by atoms with van der Waals surface area (Å²) >= 11 is 0. The third kappa shape index (κ3) is 1.45. The lowest BCUT2D eigenvalue weighted by atomic mass is 9.42. The first-order valence-electron chi connectivity index (χ1n) is 9.37. The Balaban J connectivity index is 1.86. The van der Waals surface area contributed by atoms with Crippen LogP contribution in [0.25, 0.3) is 10.8 Å². The first-order chi connectivity index (χ1) is 13.0. The van der Waals surface area contributed by atoms with Crippen molar-refractivity contribution >= 4 is 22.7 Å². The van der Waals surface area contributed by atoms with Crippen molar-refractivity contribution in [2.24, 2.45) is 11.8 Å². The van der Waals surface area contributed by atoms with Gasteiger partial charge in [-0.15, -0.1) is 0 Å². The largest absolute Gasteiger partial charge is 0.393 e. The molecule has 0 aromatic heterocycles. The minimum Gasteiger partial charge on any atom is -0.393 e. The normalized spacial score (nSPS) is 32.8. The molecule has 2 bridgehead atoms. The van der Waals surface area contributed by atoms with Gasteiger partial charge >= 0.3 is 11.9 Å². The predicted octanol–water partition coefficient (Wildman–Crippen LogP) is 4.09. The number of cyclic esters (lactones) is 2. The topological polar surface area (TPSA) is 43.4 Å². The van der Waals surface area contributed by atoms with Crippen LogP contribution in [0.3, 0.4) is 0 Å². The van der Waals surface area contributed by atoms with E-state index in [1.54, 1.807) is 0 Å². The van der Waals surface area contributed by atoms with Crippen LogP contribution in [-0.4, -0.2) is 11.9 Å². The van der Waals surface area contributed by atoms with Crippen molar-refractivity contribution in [2.75, 3.05) is 0 Å². The number of rotatable bonds is 0. The highest BCUT2D eigenvalue weighted by molar-refractivity contribution is 6.03. The Hall–Kier alpha value is -2.94. The zero-order chi connectivity index (χ0) is 18.6. The molecule has 1 fully saturated rings. The van der Waals surface area contributed by atoms with Crippen LogP contribution in [0.5, 0.6) is 0 Å². The summed E-state index contributed by atoms with van der Waals surface area (Å²) in [6, 6.07) is 20.8. The molecule has 0 N–H and O–H groups in total. The average Bonchev–Trinajstić information content (AvgIpc) is 3.00. The fourth-order valence-electron chi connectivity index (χ4n) is 6.23. The van der Waals surface area contributed by atoms with Gasteiger partial charge in [0.1, 0.15) is 0 Å². The SMILES string of the molecule is C[C@@]12c3ccccc3[C@](C)(c3c1ccc1ccccc31)[C@H]1C(=O)OC(=O)[C@@H]12. The summed E-state index contributed by atoms with van der Waals surface area (Å²) in [6.07, 6.45) is 0. The van der Waals surface area contributed by atoms with Crippen LogP contribution >= 0.6 is 0 Å². The summed E-state index contributed by atoms with van der Waals surface area (Å²) in [5.74, 6) is -1.72. The molecule has 0 saturated carbocycles. The van der Waals surface area contributed by atoms with Crippen molar-refractivity contribution < 1.29 is 14.3 Å². The summed E-state index contributed by atoms with van der Waals surface area (Å²) in [5, 5.41) is 2.31. The number of hydrogen-bond donors (Lipinski definition) is 0. The molecule has 3 heteroatoms. The lowest BCUT2D eigenvalue weighted by Crippen LogP contribution is -2.59. The van der Waals surface area contributed by atoms with E-state index in [4.69, 9.17) is 4.74 Å². The second-order valence-electron chi connectivity index (χ2n) is 8.36. The van der Waals surface area contributed by atoms with E-state index in [2.05, 4.69) is 50.2 Å². The van der Waals surface area contributed by atoms with E-state index in [1.165, 1.54) is 5.56 Å². The number of benzene rings is 3. The highest BCUT2D eigenvalue weighted by Gasteiger charge is 2.70. The molecule has 0 radical (unpaired) electrons. The Morgan fingerprint density at radius 3 is 2.04 bits per heavy atom. The van der Waals surface area contributed by atoms with Crippen LogP contribution in [-0.2, 0) is 25.2 Å². The second kappa shape index (κ2) is 4.48. The molecule has 3 aromatic carbocycles. The zero-order valence-electron chi connectivity index (χ0n) is 15.2. The Kier molecular flexibility index (Phi) is 2.51. The number of fused-ring (bicyclic) bond motifs is 1. The minimum absolute atomic E-state index is 0.382. The van der Waals surface area contributed by atoms with Gasteiger partial charge in [-0.25, -0.2) is 0 Å². The molecule has 3 aliphatic carbocycles. The highest BCUT2D eigenvalue weighted by atomic mass is 16.6. The summed E-state index contributed by atoms with van der Waals surface area (Å²) in [7, 11) is 0. The van der Waals surface area contributed by atoms with Crippen molar-refractivity contribution in [3.8, 4) is 0 Å². The maximum Gasteiger partial charge on any atom is 0.318 e. The Bertz CT molecular complexity index is 1190. The van der Waals surface area contributed by atoms with Gasteiger partial charge < -0.3 is 4.74 Å². The van der Waals surface area contributed by atoms with E-state index in [0.29, 0.717) is 0 Å². The predicted molar refractivity (Wildman–Crippen MR) is 101 cm³/mol. The lowest BCUT2D eigenvalue weighted by Gasteiger charge is -2.57. The van der Waals surface area contributed by atoms with E-state index < -0.39 is 22.7 Å². The van der Waals surface area contributed by atoms with Crippen LogP contribution in [0.2, 0.25) is 0 Å². The van der Waals surface area contributed by atoms with Crippen molar-refractivity contribution in [2.45, 2.75) is 24.7 Å². The van der Waals surface area contributed by atoms with Gasteiger partial charge in [0, 0.05) is 10.8 Å². The average molecular weight is 354 g/mol. The van der Waals surface area contributed by atoms with Crippen LogP contribution in [0.15, 0.2) is 60.7 Å². The van der Waals surface area contributed by atoms with Gasteiger partial charge in [-0.3, -0.25) is 9.59 Å². The Morgan fingerprint density at radius 1 is 0.704 bits per heavy atom. The van der Waals surface area contributed by atoms with Crippen LogP contribution < -0.4 is 0 Å². The molecule has 0 amide bonds. The molecule has 7 rings (SSSR count).